The van der Waals surface area contributed by atoms with Crippen molar-refractivity contribution in [3.8, 4) is 0 Å². The van der Waals surface area contributed by atoms with Gasteiger partial charge in [-0.25, -0.2) is 9.18 Å². The van der Waals surface area contributed by atoms with E-state index < -0.39 is 30.7 Å². The standard InChI is InChI=1S/C12H13BrFN3O4/c13-2-1-6-4-17(12(20)16-10(6)15)11-9(19)7(3-14)8(5-18)21-11/h1-4,8-9,11,18-19H,5H2,(H2,15,16,20). The van der Waals surface area contributed by atoms with Crippen LogP contribution in [-0.4, -0.2) is 38.6 Å². The van der Waals surface area contributed by atoms with E-state index in [0.29, 0.717) is 5.56 Å². The van der Waals surface area contributed by atoms with E-state index in [9.17, 15) is 14.3 Å². The van der Waals surface area contributed by atoms with E-state index in [0.717, 1.165) is 4.57 Å². The van der Waals surface area contributed by atoms with Crippen molar-refractivity contribution in [2.45, 2.75) is 18.4 Å². The maximum absolute atomic E-state index is 12.8. The molecule has 9 heteroatoms. The number of nitrogen functional groups attached to an aromatic ring is 1. The third-order valence-electron chi connectivity index (χ3n) is 3.11. The van der Waals surface area contributed by atoms with Crippen molar-refractivity contribution in [3.63, 3.8) is 0 Å². The third kappa shape index (κ3) is 2.91. The molecule has 1 aromatic heterocycles. The van der Waals surface area contributed by atoms with Gasteiger partial charge < -0.3 is 20.7 Å². The lowest BCUT2D eigenvalue weighted by molar-refractivity contribution is -0.0527. The van der Waals surface area contributed by atoms with Crippen LogP contribution in [0.25, 0.3) is 6.08 Å². The summed E-state index contributed by atoms with van der Waals surface area (Å²) in [5, 5.41) is 19.1. The van der Waals surface area contributed by atoms with Gasteiger partial charge in [0, 0.05) is 17.3 Å². The van der Waals surface area contributed by atoms with Crippen LogP contribution in [-0.2, 0) is 4.74 Å². The number of aromatic nitrogens is 2. The lowest BCUT2D eigenvalue weighted by Gasteiger charge is -2.17. The Kier molecular flexibility index (Phi) is 4.88. The fourth-order valence-corrected chi connectivity index (χ4v) is 2.34. The molecule has 3 atom stereocenters. The summed E-state index contributed by atoms with van der Waals surface area (Å²) >= 11 is 3.08. The quantitative estimate of drug-likeness (QED) is 0.713. The Morgan fingerprint density at radius 3 is 2.86 bits per heavy atom. The molecule has 1 aromatic rings. The topological polar surface area (TPSA) is 111 Å². The Morgan fingerprint density at radius 2 is 2.33 bits per heavy atom. The summed E-state index contributed by atoms with van der Waals surface area (Å²) in [4.78, 5) is 17.0. The maximum atomic E-state index is 12.8. The molecule has 1 aliphatic rings. The number of rotatable bonds is 3. The van der Waals surface area contributed by atoms with Gasteiger partial charge >= 0.3 is 5.69 Å². The van der Waals surface area contributed by atoms with Crippen molar-refractivity contribution in [3.05, 3.63) is 39.1 Å². The lowest BCUT2D eigenvalue weighted by atomic mass is 10.1. The number of nitrogens with two attached hydrogens (primary N) is 1. The van der Waals surface area contributed by atoms with Gasteiger partial charge in [0.25, 0.3) is 0 Å². The molecule has 0 aliphatic carbocycles. The van der Waals surface area contributed by atoms with Crippen molar-refractivity contribution in [2.75, 3.05) is 12.3 Å². The van der Waals surface area contributed by atoms with E-state index in [-0.39, 0.29) is 17.7 Å². The normalized spacial score (nSPS) is 27.8. The number of ether oxygens (including phenoxy) is 1. The number of anilines is 1. The van der Waals surface area contributed by atoms with Gasteiger partial charge in [-0.3, -0.25) is 4.57 Å². The third-order valence-corrected chi connectivity index (χ3v) is 3.37. The molecule has 21 heavy (non-hydrogen) atoms. The highest BCUT2D eigenvalue weighted by Crippen LogP contribution is 2.33. The zero-order valence-electron chi connectivity index (χ0n) is 10.7. The molecule has 7 nitrogen and oxygen atoms in total. The SMILES string of the molecule is Nc1nc(=O)n(C2OC(CO)C(=CF)C2O)cc1C=CBr. The van der Waals surface area contributed by atoms with Gasteiger partial charge in [0.2, 0.25) is 0 Å². The average Bonchev–Trinajstić information content (AvgIpc) is 2.78. The van der Waals surface area contributed by atoms with Gasteiger partial charge in [0.1, 0.15) is 18.0 Å². The summed E-state index contributed by atoms with van der Waals surface area (Å²) in [6, 6.07) is 0. The van der Waals surface area contributed by atoms with Gasteiger partial charge in [-0.15, -0.1) is 0 Å². The van der Waals surface area contributed by atoms with Crippen molar-refractivity contribution >= 4 is 27.8 Å². The fraction of sp³-hybridized carbons (Fsp3) is 0.333. The molecule has 114 valence electrons. The number of hydrogen-bond acceptors (Lipinski definition) is 6. The fourth-order valence-electron chi connectivity index (χ4n) is 2.05. The summed E-state index contributed by atoms with van der Waals surface area (Å²) in [5.74, 6) is 0.0133. The van der Waals surface area contributed by atoms with Crippen LogP contribution in [0.4, 0.5) is 10.2 Å². The highest BCUT2D eigenvalue weighted by molar-refractivity contribution is 9.11. The van der Waals surface area contributed by atoms with E-state index >= 15 is 0 Å². The maximum Gasteiger partial charge on any atom is 0.351 e. The molecule has 1 saturated heterocycles. The average molecular weight is 362 g/mol. The van der Waals surface area contributed by atoms with Gasteiger partial charge in [-0.05, 0) is 11.1 Å². The molecule has 3 unspecified atom stereocenters. The molecule has 0 saturated carbocycles. The summed E-state index contributed by atoms with van der Waals surface area (Å²) in [6.45, 7) is -0.519. The zero-order chi connectivity index (χ0) is 15.6. The van der Waals surface area contributed by atoms with Crippen LogP contribution >= 0.6 is 15.9 Å². The summed E-state index contributed by atoms with van der Waals surface area (Å²) < 4.78 is 19.1. The van der Waals surface area contributed by atoms with E-state index in [4.69, 9.17) is 15.6 Å². The number of hydrogen-bond donors (Lipinski definition) is 3. The Morgan fingerprint density at radius 1 is 1.62 bits per heavy atom. The zero-order valence-corrected chi connectivity index (χ0v) is 12.3. The number of halogens is 2. The van der Waals surface area contributed by atoms with E-state index in [1.165, 1.54) is 11.2 Å². The first kappa shape index (κ1) is 15.8. The van der Waals surface area contributed by atoms with Crippen LogP contribution in [0.2, 0.25) is 0 Å². The van der Waals surface area contributed by atoms with Gasteiger partial charge in [0.15, 0.2) is 6.23 Å². The second-order valence-corrected chi connectivity index (χ2v) is 4.84. The molecule has 0 radical (unpaired) electrons. The van der Waals surface area contributed by atoms with Crippen LogP contribution in [0.15, 0.2) is 27.9 Å². The van der Waals surface area contributed by atoms with Crippen molar-refractivity contribution < 1.29 is 19.3 Å². The minimum absolute atomic E-state index is 0.0133. The Labute approximate surface area is 127 Å². The van der Waals surface area contributed by atoms with Crippen molar-refractivity contribution in [1.29, 1.82) is 0 Å². The van der Waals surface area contributed by atoms with Crippen LogP contribution in [0.5, 0.6) is 0 Å². The first-order valence-corrected chi connectivity index (χ1v) is 6.85. The first-order chi connectivity index (χ1) is 10.0. The highest BCUT2D eigenvalue weighted by atomic mass is 79.9. The first-order valence-electron chi connectivity index (χ1n) is 5.93. The summed E-state index contributed by atoms with van der Waals surface area (Å²) in [6.07, 6.45) is -0.556. The van der Waals surface area contributed by atoms with Crippen LogP contribution in [0, 0.1) is 0 Å². The Bertz CT molecular complexity index is 646. The summed E-state index contributed by atoms with van der Waals surface area (Å²) in [7, 11) is 0. The van der Waals surface area contributed by atoms with E-state index in [1.54, 1.807) is 6.08 Å². The lowest BCUT2D eigenvalue weighted by Crippen LogP contribution is -2.32. The second-order valence-electron chi connectivity index (χ2n) is 4.32. The van der Waals surface area contributed by atoms with Crippen LogP contribution in [0.3, 0.4) is 0 Å². The van der Waals surface area contributed by atoms with E-state index in [2.05, 4.69) is 20.9 Å². The number of aliphatic hydroxyl groups is 2. The molecular formula is C12H13BrFN3O4. The number of nitrogens with zero attached hydrogens (tertiary/aromatic N) is 2. The van der Waals surface area contributed by atoms with Gasteiger partial charge in [0.05, 0.1) is 12.9 Å². The molecule has 0 amide bonds. The molecular weight excluding hydrogens is 349 g/mol. The Balaban J connectivity index is 2.47. The highest BCUT2D eigenvalue weighted by Gasteiger charge is 2.40. The Hall–Kier alpha value is -1.55. The molecule has 0 spiro atoms. The van der Waals surface area contributed by atoms with Crippen LogP contribution < -0.4 is 11.4 Å². The van der Waals surface area contributed by atoms with Gasteiger partial charge in [-0.1, -0.05) is 15.9 Å². The molecule has 1 aliphatic heterocycles. The summed E-state index contributed by atoms with van der Waals surface area (Å²) in [5.41, 5.74) is 5.14. The second kappa shape index (κ2) is 6.48. The molecule has 2 heterocycles. The molecule has 2 rings (SSSR count). The minimum Gasteiger partial charge on any atom is -0.393 e. The molecule has 0 aromatic carbocycles. The van der Waals surface area contributed by atoms with Crippen molar-refractivity contribution in [2.24, 2.45) is 0 Å². The smallest absolute Gasteiger partial charge is 0.351 e. The minimum atomic E-state index is -1.41. The van der Waals surface area contributed by atoms with Crippen LogP contribution in [0.1, 0.15) is 11.8 Å². The predicted molar refractivity (Wildman–Crippen MR) is 77.1 cm³/mol. The van der Waals surface area contributed by atoms with E-state index in [1.807, 2.05) is 0 Å². The predicted octanol–water partition coefficient (Wildman–Crippen LogP) is 0.295. The largest absolute Gasteiger partial charge is 0.393 e. The molecule has 4 N–H and O–H groups in total. The monoisotopic (exact) mass is 361 g/mol. The molecule has 1 fully saturated rings. The molecule has 0 bridgehead atoms. The van der Waals surface area contributed by atoms with Crippen molar-refractivity contribution in [1.82, 2.24) is 9.55 Å². The van der Waals surface area contributed by atoms with Gasteiger partial charge in [-0.2, -0.15) is 4.98 Å². The number of aliphatic hydroxyl groups excluding tert-OH is 2.